The Balaban J connectivity index is 1.63. The molecule has 1 saturated heterocycles. The first-order valence-electron chi connectivity index (χ1n) is 7.58. The zero-order valence-electron chi connectivity index (χ0n) is 12.1. The van der Waals surface area contributed by atoms with Crippen molar-refractivity contribution in [1.29, 1.82) is 0 Å². The molecule has 0 saturated carbocycles. The zero-order valence-corrected chi connectivity index (χ0v) is 12.1. The summed E-state index contributed by atoms with van der Waals surface area (Å²) >= 11 is 0. The van der Waals surface area contributed by atoms with Crippen LogP contribution in [0, 0.1) is 0 Å². The van der Waals surface area contributed by atoms with Gasteiger partial charge in [0.2, 0.25) is 5.91 Å². The maximum Gasteiger partial charge on any atom is 0.240 e. The minimum atomic E-state index is -0.335. The quantitative estimate of drug-likeness (QED) is 0.778. The van der Waals surface area contributed by atoms with Crippen LogP contribution in [0.3, 0.4) is 0 Å². The van der Waals surface area contributed by atoms with Crippen LogP contribution in [-0.2, 0) is 24.4 Å². The lowest BCUT2D eigenvalue weighted by atomic mass is 9.93. The first-order chi connectivity index (χ1) is 9.73. The highest BCUT2D eigenvalue weighted by Gasteiger charge is 2.38. The zero-order chi connectivity index (χ0) is 14.0. The van der Waals surface area contributed by atoms with Gasteiger partial charge in [-0.2, -0.15) is 0 Å². The van der Waals surface area contributed by atoms with Crippen molar-refractivity contribution in [3.8, 4) is 0 Å². The van der Waals surface area contributed by atoms with Gasteiger partial charge < -0.3 is 16.0 Å². The van der Waals surface area contributed by atoms with Crippen LogP contribution in [0.15, 0.2) is 18.2 Å². The molecule has 4 heteroatoms. The van der Waals surface area contributed by atoms with Gasteiger partial charge in [-0.15, -0.1) is 0 Å². The lowest BCUT2D eigenvalue weighted by Crippen LogP contribution is -2.52. The molecule has 1 unspecified atom stereocenters. The van der Waals surface area contributed by atoms with Gasteiger partial charge in [0.25, 0.3) is 0 Å². The number of hydrogen-bond acceptors (Lipinski definition) is 3. The fraction of sp³-hybridized carbons (Fsp3) is 0.562. The van der Waals surface area contributed by atoms with Crippen LogP contribution in [0.1, 0.15) is 42.9 Å². The first kappa shape index (κ1) is 13.6. The Hall–Kier alpha value is -1.39. The Morgan fingerprint density at radius 1 is 1.35 bits per heavy atom. The molecule has 0 spiro atoms. The summed E-state index contributed by atoms with van der Waals surface area (Å²) in [6.07, 6.45) is 2.89. The minimum absolute atomic E-state index is 0.149. The third-order valence-corrected chi connectivity index (χ3v) is 4.64. The number of nitrogens with one attached hydrogen (secondary N) is 3. The Morgan fingerprint density at radius 2 is 2.20 bits per heavy atom. The topological polar surface area (TPSA) is 53.2 Å². The van der Waals surface area contributed by atoms with E-state index in [4.69, 9.17) is 0 Å². The van der Waals surface area contributed by atoms with Crippen molar-refractivity contribution < 1.29 is 4.79 Å². The molecule has 2 aliphatic rings. The second-order valence-electron chi connectivity index (χ2n) is 5.86. The molecule has 1 aromatic carbocycles. The summed E-state index contributed by atoms with van der Waals surface area (Å²) in [5.41, 5.74) is 3.59. The molecule has 1 fully saturated rings. The summed E-state index contributed by atoms with van der Waals surface area (Å²) in [4.78, 5) is 12.4. The van der Waals surface area contributed by atoms with Crippen LogP contribution in [0.25, 0.3) is 0 Å². The van der Waals surface area contributed by atoms with Crippen LogP contribution < -0.4 is 16.0 Å². The molecule has 108 valence electrons. The van der Waals surface area contributed by atoms with E-state index in [9.17, 15) is 4.79 Å². The van der Waals surface area contributed by atoms with E-state index in [0.29, 0.717) is 6.54 Å². The molecule has 0 aliphatic carbocycles. The van der Waals surface area contributed by atoms with Gasteiger partial charge in [-0.3, -0.25) is 4.79 Å². The summed E-state index contributed by atoms with van der Waals surface area (Å²) in [5.74, 6) is 0.149. The molecule has 3 N–H and O–H groups in total. The second kappa shape index (κ2) is 5.54. The number of carbonyl (C=O) groups is 1. The lowest BCUT2D eigenvalue weighted by Gasteiger charge is -2.26. The van der Waals surface area contributed by atoms with Gasteiger partial charge in [-0.05, 0) is 42.5 Å². The summed E-state index contributed by atoms with van der Waals surface area (Å²) in [6, 6.07) is 6.49. The fourth-order valence-electron chi connectivity index (χ4n) is 3.27. The number of benzene rings is 1. The van der Waals surface area contributed by atoms with Gasteiger partial charge in [0, 0.05) is 19.6 Å². The molecular weight excluding hydrogens is 250 g/mol. The monoisotopic (exact) mass is 273 g/mol. The second-order valence-corrected chi connectivity index (χ2v) is 5.86. The first-order valence-corrected chi connectivity index (χ1v) is 7.58. The molecule has 1 amide bonds. The molecule has 2 aliphatic heterocycles. The smallest absolute Gasteiger partial charge is 0.240 e. The summed E-state index contributed by atoms with van der Waals surface area (Å²) in [5, 5.41) is 9.82. The molecule has 0 bridgehead atoms. The molecule has 1 atom stereocenters. The molecule has 3 rings (SSSR count). The predicted molar refractivity (Wildman–Crippen MR) is 79.1 cm³/mol. The molecule has 0 aromatic heterocycles. The fourth-order valence-corrected chi connectivity index (χ4v) is 3.27. The van der Waals surface area contributed by atoms with Crippen molar-refractivity contribution in [3.05, 3.63) is 34.9 Å². The van der Waals surface area contributed by atoms with Gasteiger partial charge in [0.1, 0.15) is 0 Å². The number of rotatable bonds is 4. The van der Waals surface area contributed by atoms with Gasteiger partial charge in [0.15, 0.2) is 0 Å². The largest absolute Gasteiger partial charge is 0.350 e. The van der Waals surface area contributed by atoms with Crippen LogP contribution in [0.2, 0.25) is 0 Å². The third kappa shape index (κ3) is 2.45. The average Bonchev–Trinajstić information content (AvgIpc) is 3.13. The van der Waals surface area contributed by atoms with Crippen molar-refractivity contribution >= 4 is 5.91 Å². The normalized spacial score (nSPS) is 24.6. The van der Waals surface area contributed by atoms with E-state index in [2.05, 4.69) is 41.1 Å². The Morgan fingerprint density at radius 3 is 2.95 bits per heavy atom. The van der Waals surface area contributed by atoms with Crippen molar-refractivity contribution in [2.45, 2.75) is 51.4 Å². The van der Waals surface area contributed by atoms with E-state index >= 15 is 0 Å². The number of amides is 1. The van der Waals surface area contributed by atoms with E-state index in [0.717, 1.165) is 38.9 Å². The Kier molecular flexibility index (Phi) is 3.76. The molecular formula is C16H23N3O. The number of carbonyl (C=O) groups excluding carboxylic acids is 1. The van der Waals surface area contributed by atoms with E-state index in [1.54, 1.807) is 0 Å². The highest BCUT2D eigenvalue weighted by Crippen LogP contribution is 2.23. The van der Waals surface area contributed by atoms with Crippen LogP contribution in [0.4, 0.5) is 0 Å². The lowest BCUT2D eigenvalue weighted by molar-refractivity contribution is -0.127. The molecule has 4 nitrogen and oxygen atoms in total. The van der Waals surface area contributed by atoms with E-state index in [1.807, 2.05) is 0 Å². The number of fused-ring (bicyclic) bond motifs is 1. The molecule has 20 heavy (non-hydrogen) atoms. The van der Waals surface area contributed by atoms with E-state index in [-0.39, 0.29) is 11.4 Å². The minimum Gasteiger partial charge on any atom is -0.350 e. The summed E-state index contributed by atoms with van der Waals surface area (Å²) < 4.78 is 0. The standard InChI is InChI=1S/C16H23N3O/c1-2-16(6-3-7-19-16)15(20)18-9-12-4-5-13-10-17-11-14(13)8-12/h4-5,8,17,19H,2-3,6-7,9-11H2,1H3,(H,18,20). The van der Waals surface area contributed by atoms with Gasteiger partial charge >= 0.3 is 0 Å². The SMILES string of the molecule is CCC1(C(=O)NCc2ccc3c(c2)CNC3)CCCN1. The average molecular weight is 273 g/mol. The van der Waals surface area contributed by atoms with Crippen LogP contribution in [0.5, 0.6) is 0 Å². The maximum atomic E-state index is 12.4. The Bertz CT molecular complexity index is 506. The maximum absolute atomic E-state index is 12.4. The predicted octanol–water partition coefficient (Wildman–Crippen LogP) is 1.44. The molecule has 2 heterocycles. The van der Waals surface area contributed by atoms with Crippen molar-refractivity contribution in [3.63, 3.8) is 0 Å². The summed E-state index contributed by atoms with van der Waals surface area (Å²) in [7, 11) is 0. The van der Waals surface area contributed by atoms with Crippen LogP contribution in [-0.4, -0.2) is 18.0 Å². The summed E-state index contributed by atoms with van der Waals surface area (Å²) in [6.45, 7) is 5.56. The van der Waals surface area contributed by atoms with Crippen LogP contribution >= 0.6 is 0 Å². The Labute approximate surface area is 120 Å². The highest BCUT2D eigenvalue weighted by atomic mass is 16.2. The third-order valence-electron chi connectivity index (χ3n) is 4.64. The van der Waals surface area contributed by atoms with E-state index < -0.39 is 0 Å². The van der Waals surface area contributed by atoms with Crippen molar-refractivity contribution in [1.82, 2.24) is 16.0 Å². The molecule has 1 aromatic rings. The van der Waals surface area contributed by atoms with Crippen molar-refractivity contribution in [2.75, 3.05) is 6.54 Å². The molecule has 0 radical (unpaired) electrons. The number of hydrogen-bond donors (Lipinski definition) is 3. The van der Waals surface area contributed by atoms with Gasteiger partial charge in [-0.25, -0.2) is 0 Å². The van der Waals surface area contributed by atoms with Gasteiger partial charge in [-0.1, -0.05) is 25.1 Å². The van der Waals surface area contributed by atoms with E-state index in [1.165, 1.54) is 16.7 Å². The van der Waals surface area contributed by atoms with Crippen molar-refractivity contribution in [2.24, 2.45) is 0 Å². The van der Waals surface area contributed by atoms with Gasteiger partial charge in [0.05, 0.1) is 5.54 Å². The highest BCUT2D eigenvalue weighted by molar-refractivity contribution is 5.86.